The maximum Gasteiger partial charge on any atom is 0.344 e. The van der Waals surface area contributed by atoms with Crippen molar-refractivity contribution in [2.75, 3.05) is 0 Å². The van der Waals surface area contributed by atoms with E-state index in [1.807, 2.05) is 26.8 Å². The zero-order chi connectivity index (χ0) is 11.9. The summed E-state index contributed by atoms with van der Waals surface area (Å²) in [6.07, 6.45) is 0. The van der Waals surface area contributed by atoms with Crippen LogP contribution in [0.2, 0.25) is 0 Å². The van der Waals surface area contributed by atoms with E-state index >= 15 is 0 Å². The Balaban J connectivity index is 2.96. The Morgan fingerprint density at radius 1 is 1.19 bits per heavy atom. The molecule has 0 radical (unpaired) electrons. The molecule has 16 heavy (non-hydrogen) atoms. The van der Waals surface area contributed by atoms with Crippen LogP contribution in [0.4, 0.5) is 0 Å². The van der Waals surface area contributed by atoms with Gasteiger partial charge in [0.25, 0.3) is 0 Å². The highest BCUT2D eigenvalue weighted by molar-refractivity contribution is 5.86. The predicted octanol–water partition coefficient (Wildman–Crippen LogP) is 2.21. The van der Waals surface area contributed by atoms with Gasteiger partial charge in [0.15, 0.2) is 0 Å². The number of benzene rings is 1. The van der Waals surface area contributed by atoms with Crippen molar-refractivity contribution in [3.8, 4) is 0 Å². The molecule has 2 aromatic rings. The molecule has 0 bridgehead atoms. The minimum absolute atomic E-state index is 0.253. The minimum atomic E-state index is -0.373. The van der Waals surface area contributed by atoms with Crippen LogP contribution in [0.25, 0.3) is 10.8 Å². The van der Waals surface area contributed by atoms with Crippen LogP contribution in [0.3, 0.4) is 0 Å². The summed E-state index contributed by atoms with van der Waals surface area (Å²) in [6, 6.07) is 3.67. The summed E-state index contributed by atoms with van der Waals surface area (Å²) in [5.74, 6) is 0.306. The largest absolute Gasteiger partial charge is 0.425 e. The van der Waals surface area contributed by atoms with Crippen molar-refractivity contribution in [2.24, 2.45) is 0 Å². The van der Waals surface area contributed by atoms with Gasteiger partial charge in [-0.25, -0.2) is 4.79 Å². The summed E-state index contributed by atoms with van der Waals surface area (Å²) in [4.78, 5) is 11.8. The third kappa shape index (κ3) is 1.53. The van der Waals surface area contributed by atoms with E-state index in [-0.39, 0.29) is 12.2 Å². The van der Waals surface area contributed by atoms with Crippen molar-refractivity contribution in [1.29, 1.82) is 0 Å². The maximum absolute atomic E-state index is 11.8. The Bertz CT molecular complexity index is 609. The van der Waals surface area contributed by atoms with Crippen LogP contribution < -0.4 is 5.63 Å². The second-order valence-corrected chi connectivity index (χ2v) is 4.07. The van der Waals surface area contributed by atoms with E-state index in [0.717, 1.165) is 22.1 Å². The van der Waals surface area contributed by atoms with Crippen LogP contribution in [0, 0.1) is 20.8 Å². The first kappa shape index (κ1) is 10.9. The first-order chi connectivity index (χ1) is 7.54. The fourth-order valence-electron chi connectivity index (χ4n) is 1.95. The molecule has 0 aliphatic heterocycles. The molecule has 0 amide bonds. The van der Waals surface area contributed by atoms with Crippen LogP contribution in [0.15, 0.2) is 21.3 Å². The molecular weight excluding hydrogens is 204 g/mol. The van der Waals surface area contributed by atoms with Crippen molar-refractivity contribution >= 4 is 10.8 Å². The fourth-order valence-corrected chi connectivity index (χ4v) is 1.95. The molecule has 1 heterocycles. The number of hydrogen-bond donors (Lipinski definition) is 1. The number of hydrogen-bond acceptors (Lipinski definition) is 3. The maximum atomic E-state index is 11.8. The summed E-state index contributed by atoms with van der Waals surface area (Å²) in [7, 11) is 0. The molecule has 0 saturated carbocycles. The standard InChI is InChI=1S/C13H14O3/c1-7-4-10-5-11(6-14)16-13(15)12(10)9(3)8(7)2/h4-5,14H,6H2,1-3H3. The van der Waals surface area contributed by atoms with Gasteiger partial charge in [0.2, 0.25) is 0 Å². The molecule has 0 fully saturated rings. The van der Waals surface area contributed by atoms with Crippen molar-refractivity contribution in [1.82, 2.24) is 0 Å². The minimum Gasteiger partial charge on any atom is -0.425 e. The van der Waals surface area contributed by atoms with Crippen LogP contribution >= 0.6 is 0 Å². The van der Waals surface area contributed by atoms with Gasteiger partial charge in [-0.15, -0.1) is 0 Å². The molecule has 0 atom stereocenters. The molecule has 2 rings (SSSR count). The molecule has 3 nitrogen and oxygen atoms in total. The van der Waals surface area contributed by atoms with Crippen molar-refractivity contribution < 1.29 is 9.52 Å². The molecule has 0 aliphatic carbocycles. The second kappa shape index (κ2) is 3.76. The zero-order valence-corrected chi connectivity index (χ0v) is 9.63. The summed E-state index contributed by atoms with van der Waals surface area (Å²) in [5, 5.41) is 10.4. The first-order valence-corrected chi connectivity index (χ1v) is 5.19. The number of rotatable bonds is 1. The number of fused-ring (bicyclic) bond motifs is 1. The average molecular weight is 218 g/mol. The molecule has 0 aliphatic rings. The monoisotopic (exact) mass is 218 g/mol. The van der Waals surface area contributed by atoms with Crippen molar-refractivity contribution in [3.63, 3.8) is 0 Å². The van der Waals surface area contributed by atoms with Gasteiger partial charge in [-0.3, -0.25) is 0 Å². The van der Waals surface area contributed by atoms with Gasteiger partial charge >= 0.3 is 5.63 Å². The number of aliphatic hydroxyl groups is 1. The molecule has 0 unspecified atom stereocenters. The Kier molecular flexibility index (Phi) is 2.56. The van der Waals surface area contributed by atoms with Crippen LogP contribution in [-0.4, -0.2) is 5.11 Å². The lowest BCUT2D eigenvalue weighted by atomic mass is 9.98. The van der Waals surface area contributed by atoms with Crippen LogP contribution in [0.5, 0.6) is 0 Å². The normalized spacial score (nSPS) is 11.0. The molecule has 1 aromatic heterocycles. The number of aliphatic hydroxyl groups excluding tert-OH is 1. The summed E-state index contributed by atoms with van der Waals surface area (Å²) in [5.41, 5.74) is 2.83. The van der Waals surface area contributed by atoms with Crippen LogP contribution in [0.1, 0.15) is 22.5 Å². The van der Waals surface area contributed by atoms with Crippen LogP contribution in [-0.2, 0) is 6.61 Å². The topological polar surface area (TPSA) is 50.4 Å². The SMILES string of the molecule is Cc1cc2cc(CO)oc(=O)c2c(C)c1C. The highest BCUT2D eigenvalue weighted by atomic mass is 16.4. The van der Waals surface area contributed by atoms with Gasteiger partial charge < -0.3 is 9.52 Å². The van der Waals surface area contributed by atoms with E-state index in [1.54, 1.807) is 6.07 Å². The molecule has 0 spiro atoms. The molecule has 1 N–H and O–H groups in total. The molecule has 1 aromatic carbocycles. The molecule has 84 valence electrons. The van der Waals surface area contributed by atoms with Gasteiger partial charge in [-0.05, 0) is 48.9 Å². The molecule has 3 heteroatoms. The Morgan fingerprint density at radius 2 is 1.88 bits per heavy atom. The van der Waals surface area contributed by atoms with Gasteiger partial charge in [0.05, 0.1) is 5.39 Å². The van der Waals surface area contributed by atoms with Gasteiger partial charge in [0, 0.05) is 0 Å². The Morgan fingerprint density at radius 3 is 2.50 bits per heavy atom. The lowest BCUT2D eigenvalue weighted by molar-refractivity contribution is 0.241. The predicted molar refractivity (Wildman–Crippen MR) is 62.6 cm³/mol. The highest BCUT2D eigenvalue weighted by Crippen LogP contribution is 2.22. The quantitative estimate of drug-likeness (QED) is 0.798. The van der Waals surface area contributed by atoms with E-state index < -0.39 is 0 Å². The van der Waals surface area contributed by atoms with Gasteiger partial charge in [0.1, 0.15) is 12.4 Å². The van der Waals surface area contributed by atoms with E-state index in [2.05, 4.69) is 0 Å². The second-order valence-electron chi connectivity index (χ2n) is 4.07. The lowest BCUT2D eigenvalue weighted by Gasteiger charge is -2.08. The zero-order valence-electron chi connectivity index (χ0n) is 9.63. The Labute approximate surface area is 93.3 Å². The van der Waals surface area contributed by atoms with E-state index in [4.69, 9.17) is 9.52 Å². The average Bonchev–Trinajstić information content (AvgIpc) is 2.25. The smallest absolute Gasteiger partial charge is 0.344 e. The van der Waals surface area contributed by atoms with Gasteiger partial charge in [-0.2, -0.15) is 0 Å². The number of aryl methyl sites for hydroxylation is 2. The molecular formula is C13H14O3. The Hall–Kier alpha value is -1.61. The molecule has 0 saturated heterocycles. The third-order valence-corrected chi connectivity index (χ3v) is 3.09. The van der Waals surface area contributed by atoms with E-state index in [9.17, 15) is 4.79 Å². The van der Waals surface area contributed by atoms with Crippen molar-refractivity contribution in [3.05, 3.63) is 45.0 Å². The van der Waals surface area contributed by atoms with Crippen molar-refractivity contribution in [2.45, 2.75) is 27.4 Å². The summed E-state index contributed by atoms with van der Waals surface area (Å²) in [6.45, 7) is 5.66. The van der Waals surface area contributed by atoms with Gasteiger partial charge in [-0.1, -0.05) is 6.07 Å². The summed E-state index contributed by atoms with van der Waals surface area (Å²) >= 11 is 0. The lowest BCUT2D eigenvalue weighted by Crippen LogP contribution is -2.05. The highest BCUT2D eigenvalue weighted by Gasteiger charge is 2.10. The first-order valence-electron chi connectivity index (χ1n) is 5.19. The third-order valence-electron chi connectivity index (χ3n) is 3.09. The van der Waals surface area contributed by atoms with E-state index in [0.29, 0.717) is 11.1 Å². The van der Waals surface area contributed by atoms with E-state index in [1.165, 1.54) is 0 Å². The summed E-state index contributed by atoms with van der Waals surface area (Å²) < 4.78 is 5.01. The fraction of sp³-hybridized carbons (Fsp3) is 0.308.